The molecule has 0 saturated carbocycles. The molecule has 0 spiro atoms. The van der Waals surface area contributed by atoms with Gasteiger partial charge in [0.25, 0.3) is 5.91 Å². The van der Waals surface area contributed by atoms with Crippen LogP contribution in [0, 0.1) is 0 Å². The summed E-state index contributed by atoms with van der Waals surface area (Å²) in [5.41, 5.74) is 1.16. The average molecular weight is 360 g/mol. The van der Waals surface area contributed by atoms with Crippen molar-refractivity contribution in [2.75, 3.05) is 13.2 Å². The molecule has 1 N–H and O–H groups in total. The quantitative estimate of drug-likeness (QED) is 0.594. The molecule has 0 radical (unpaired) electrons. The largest absolute Gasteiger partial charge is 0.493 e. The molecule has 1 fully saturated rings. The molecule has 0 aromatic heterocycles. The first-order valence-corrected chi connectivity index (χ1v) is 8.56. The third-order valence-corrected chi connectivity index (χ3v) is 4.41. The van der Waals surface area contributed by atoms with E-state index in [1.54, 1.807) is 25.1 Å². The predicted octanol–water partition coefficient (Wildman–Crippen LogP) is 0.780. The van der Waals surface area contributed by atoms with Gasteiger partial charge in [-0.3, -0.25) is 24.5 Å². The summed E-state index contributed by atoms with van der Waals surface area (Å²) in [6.45, 7) is 2.42. The first-order chi connectivity index (χ1) is 12.5. The normalized spacial score (nSPS) is 19.2. The third-order valence-electron chi connectivity index (χ3n) is 4.41. The lowest BCUT2D eigenvalue weighted by molar-refractivity contribution is -0.143. The molecule has 8 heteroatoms. The Hall–Kier alpha value is -2.90. The van der Waals surface area contributed by atoms with Crippen LogP contribution in [0.5, 0.6) is 5.75 Å². The maximum absolute atomic E-state index is 12.7. The summed E-state index contributed by atoms with van der Waals surface area (Å²) in [7, 11) is 0. The van der Waals surface area contributed by atoms with E-state index >= 15 is 0 Å². The molecule has 1 saturated heterocycles. The van der Waals surface area contributed by atoms with Crippen molar-refractivity contribution in [3.8, 4) is 5.75 Å². The molecule has 1 atom stereocenters. The third kappa shape index (κ3) is 3.54. The Kier molecular flexibility index (Phi) is 5.20. The fourth-order valence-corrected chi connectivity index (χ4v) is 3.17. The van der Waals surface area contributed by atoms with Gasteiger partial charge in [-0.2, -0.15) is 0 Å². The van der Waals surface area contributed by atoms with Crippen LogP contribution in [-0.2, 0) is 25.7 Å². The number of hydrogen-bond donors (Lipinski definition) is 1. The monoisotopic (exact) mass is 360 g/mol. The van der Waals surface area contributed by atoms with Crippen LogP contribution < -0.4 is 10.1 Å². The Morgan fingerprint density at radius 2 is 2.12 bits per heavy atom. The van der Waals surface area contributed by atoms with Crippen molar-refractivity contribution in [3.63, 3.8) is 0 Å². The van der Waals surface area contributed by atoms with Crippen LogP contribution in [0.25, 0.3) is 0 Å². The minimum absolute atomic E-state index is 0.113. The van der Waals surface area contributed by atoms with Crippen molar-refractivity contribution in [2.45, 2.75) is 38.8 Å². The second-order valence-corrected chi connectivity index (χ2v) is 6.09. The van der Waals surface area contributed by atoms with Gasteiger partial charge in [-0.1, -0.05) is 6.07 Å². The Morgan fingerprint density at radius 1 is 1.31 bits per heavy atom. The van der Waals surface area contributed by atoms with Crippen molar-refractivity contribution >= 4 is 23.7 Å². The van der Waals surface area contributed by atoms with E-state index in [4.69, 9.17) is 9.47 Å². The van der Waals surface area contributed by atoms with E-state index in [-0.39, 0.29) is 43.8 Å². The number of piperidine rings is 1. The summed E-state index contributed by atoms with van der Waals surface area (Å²) in [5, 5.41) is 2.27. The zero-order valence-electron chi connectivity index (χ0n) is 14.4. The second-order valence-electron chi connectivity index (χ2n) is 6.09. The molecule has 0 bridgehead atoms. The average Bonchev–Trinajstić information content (AvgIpc) is 2.93. The molecule has 0 aliphatic carbocycles. The van der Waals surface area contributed by atoms with Crippen molar-refractivity contribution in [3.05, 3.63) is 29.3 Å². The molecule has 2 heterocycles. The highest BCUT2D eigenvalue weighted by Crippen LogP contribution is 2.33. The molecule has 26 heavy (non-hydrogen) atoms. The highest BCUT2D eigenvalue weighted by Gasteiger charge is 2.40. The minimum atomic E-state index is -0.667. The van der Waals surface area contributed by atoms with Gasteiger partial charge in [0, 0.05) is 17.5 Å². The van der Waals surface area contributed by atoms with Crippen molar-refractivity contribution in [1.82, 2.24) is 10.2 Å². The van der Waals surface area contributed by atoms with Crippen LogP contribution in [0.3, 0.4) is 0 Å². The van der Waals surface area contributed by atoms with Crippen molar-refractivity contribution in [2.24, 2.45) is 0 Å². The smallest absolute Gasteiger partial charge is 0.309 e. The van der Waals surface area contributed by atoms with Crippen LogP contribution >= 0.6 is 0 Å². The summed E-state index contributed by atoms with van der Waals surface area (Å²) in [5.74, 6) is -0.868. The van der Waals surface area contributed by atoms with Crippen LogP contribution in [0.2, 0.25) is 0 Å². The first-order valence-electron chi connectivity index (χ1n) is 8.56. The second kappa shape index (κ2) is 7.55. The number of nitrogens with one attached hydrogen (secondary N) is 1. The van der Waals surface area contributed by atoms with Crippen LogP contribution in [0.15, 0.2) is 18.2 Å². The summed E-state index contributed by atoms with van der Waals surface area (Å²) < 4.78 is 10.5. The molecule has 1 aromatic rings. The van der Waals surface area contributed by atoms with Crippen LogP contribution in [0.1, 0.15) is 42.1 Å². The van der Waals surface area contributed by atoms with Gasteiger partial charge >= 0.3 is 5.97 Å². The number of nitrogens with zero attached hydrogens (tertiary/aromatic N) is 1. The molecular weight excluding hydrogens is 340 g/mol. The zero-order valence-corrected chi connectivity index (χ0v) is 14.4. The minimum Gasteiger partial charge on any atom is -0.493 e. The summed E-state index contributed by atoms with van der Waals surface area (Å²) >= 11 is 0. The summed E-state index contributed by atoms with van der Waals surface area (Å²) in [4.78, 5) is 48.9. The topological polar surface area (TPSA) is 102 Å². The lowest BCUT2D eigenvalue weighted by atomic mass is 10.0. The lowest BCUT2D eigenvalue weighted by Crippen LogP contribution is -2.52. The molecule has 1 unspecified atom stereocenters. The van der Waals surface area contributed by atoms with Gasteiger partial charge in [-0.25, -0.2) is 0 Å². The maximum atomic E-state index is 12.7. The Labute approximate surface area is 150 Å². The Morgan fingerprint density at radius 3 is 2.85 bits per heavy atom. The van der Waals surface area contributed by atoms with Gasteiger partial charge in [-0.05, 0) is 25.5 Å². The molecule has 138 valence electrons. The van der Waals surface area contributed by atoms with Crippen LogP contribution in [0.4, 0.5) is 0 Å². The predicted molar refractivity (Wildman–Crippen MR) is 89.2 cm³/mol. The van der Waals surface area contributed by atoms with Gasteiger partial charge in [-0.15, -0.1) is 0 Å². The fourth-order valence-electron chi connectivity index (χ4n) is 3.17. The number of imide groups is 1. The van der Waals surface area contributed by atoms with Gasteiger partial charge in [0.1, 0.15) is 11.8 Å². The number of carbonyl (C=O) groups excluding carboxylic acids is 4. The molecule has 2 aliphatic heterocycles. The fraction of sp³-hybridized carbons (Fsp3) is 0.444. The molecular formula is C18H20N2O6. The van der Waals surface area contributed by atoms with Gasteiger partial charge < -0.3 is 14.4 Å². The number of rotatable bonds is 6. The number of fused-ring (bicyclic) bond motifs is 1. The summed E-state index contributed by atoms with van der Waals surface area (Å²) in [6.07, 6.45) is 0.630. The van der Waals surface area contributed by atoms with Crippen molar-refractivity contribution < 1.29 is 28.7 Å². The number of esters is 1. The highest BCUT2D eigenvalue weighted by molar-refractivity contribution is 6.05. The SMILES string of the molecule is CCOC(=O)CCOc1cccc2c1CN(C1CCC(=O)NC1=O)C2=O. The number of carbonyl (C=O) groups is 4. The standard InChI is InChI=1S/C18H20N2O6/c1-2-25-16(22)8-9-26-14-5-3-4-11-12(14)10-20(18(11)24)13-6-7-15(21)19-17(13)23/h3-5,13H,2,6-10H2,1H3,(H,19,21,23). The van der Waals surface area contributed by atoms with Gasteiger partial charge in [0.2, 0.25) is 11.8 Å². The van der Waals surface area contributed by atoms with E-state index in [0.29, 0.717) is 29.9 Å². The summed E-state index contributed by atoms with van der Waals surface area (Å²) in [6, 6.07) is 4.44. The zero-order chi connectivity index (χ0) is 18.7. The van der Waals surface area contributed by atoms with E-state index in [9.17, 15) is 19.2 Å². The Balaban J connectivity index is 1.70. The van der Waals surface area contributed by atoms with E-state index < -0.39 is 11.9 Å². The number of ether oxygens (including phenoxy) is 2. The van der Waals surface area contributed by atoms with Crippen molar-refractivity contribution in [1.29, 1.82) is 0 Å². The van der Waals surface area contributed by atoms with E-state index in [1.165, 1.54) is 4.90 Å². The number of benzene rings is 1. The molecule has 2 aliphatic rings. The van der Waals surface area contributed by atoms with Crippen LogP contribution in [-0.4, -0.2) is 47.8 Å². The first kappa shape index (κ1) is 17.9. The maximum Gasteiger partial charge on any atom is 0.309 e. The number of hydrogen-bond acceptors (Lipinski definition) is 6. The van der Waals surface area contributed by atoms with Gasteiger partial charge in [0.05, 0.1) is 26.2 Å². The molecule has 8 nitrogen and oxygen atoms in total. The Bertz CT molecular complexity index is 760. The van der Waals surface area contributed by atoms with Gasteiger partial charge in [0.15, 0.2) is 0 Å². The van der Waals surface area contributed by atoms with E-state index in [1.807, 2.05) is 0 Å². The molecule has 1 aromatic carbocycles. The van der Waals surface area contributed by atoms with E-state index in [0.717, 1.165) is 0 Å². The molecule has 3 amide bonds. The molecule has 3 rings (SSSR count). The lowest BCUT2D eigenvalue weighted by Gasteiger charge is -2.29. The van der Waals surface area contributed by atoms with E-state index in [2.05, 4.69) is 5.32 Å². The number of amides is 3. The highest BCUT2D eigenvalue weighted by atomic mass is 16.5.